The molecule has 0 aliphatic heterocycles. The van der Waals surface area contributed by atoms with Crippen molar-refractivity contribution < 1.29 is 4.79 Å². The summed E-state index contributed by atoms with van der Waals surface area (Å²) in [5.74, 6) is -0.296. The fraction of sp³-hybridized carbons (Fsp3) is 0. The van der Waals surface area contributed by atoms with Gasteiger partial charge in [-0.3, -0.25) is 9.78 Å². The van der Waals surface area contributed by atoms with E-state index in [2.05, 4.69) is 26.3 Å². The third kappa shape index (κ3) is 3.09. The van der Waals surface area contributed by atoms with E-state index in [0.29, 0.717) is 11.4 Å². The first-order chi connectivity index (χ1) is 12.2. The van der Waals surface area contributed by atoms with Gasteiger partial charge < -0.3 is 10.3 Å². The summed E-state index contributed by atoms with van der Waals surface area (Å²) in [4.78, 5) is 23.6. The predicted molar refractivity (Wildman–Crippen MR) is 101 cm³/mol. The number of anilines is 1. The molecule has 0 atom stereocenters. The van der Waals surface area contributed by atoms with E-state index in [1.54, 1.807) is 30.6 Å². The van der Waals surface area contributed by atoms with E-state index in [0.717, 1.165) is 21.8 Å². The van der Waals surface area contributed by atoms with Gasteiger partial charge in [0.25, 0.3) is 0 Å². The Morgan fingerprint density at radius 2 is 1.96 bits per heavy atom. The van der Waals surface area contributed by atoms with Gasteiger partial charge in [0.15, 0.2) is 5.15 Å². The van der Waals surface area contributed by atoms with Crippen molar-refractivity contribution in [2.45, 2.75) is 0 Å². The molecule has 0 spiro atoms. The standard InChI is InChI=1S/C19H13ClN4O/c20-19-16(6-3-9-21-19)24-18(25)8-7-12-10-14-13-4-1-2-5-15(13)23-17(14)11-22-12/h1-11,23H,(H,24,25)/b8-7+. The van der Waals surface area contributed by atoms with Gasteiger partial charge in [-0.05, 0) is 30.3 Å². The molecular formula is C19H13ClN4O. The van der Waals surface area contributed by atoms with Crippen LogP contribution in [0.3, 0.4) is 0 Å². The van der Waals surface area contributed by atoms with Crippen LogP contribution >= 0.6 is 11.6 Å². The van der Waals surface area contributed by atoms with Crippen LogP contribution in [0.4, 0.5) is 5.69 Å². The second kappa shape index (κ2) is 6.37. The number of nitrogens with one attached hydrogen (secondary N) is 2. The maximum atomic E-state index is 12.0. The van der Waals surface area contributed by atoms with Crippen LogP contribution in [-0.2, 0) is 4.79 Å². The summed E-state index contributed by atoms with van der Waals surface area (Å²) in [7, 11) is 0. The van der Waals surface area contributed by atoms with Crippen LogP contribution in [0.15, 0.2) is 60.9 Å². The first kappa shape index (κ1) is 15.4. The van der Waals surface area contributed by atoms with E-state index in [4.69, 9.17) is 11.6 Å². The van der Waals surface area contributed by atoms with Crippen molar-refractivity contribution in [3.05, 3.63) is 71.8 Å². The normalized spacial score (nSPS) is 11.4. The molecule has 3 aromatic heterocycles. The third-order valence-corrected chi connectivity index (χ3v) is 4.14. The molecule has 0 saturated heterocycles. The summed E-state index contributed by atoms with van der Waals surface area (Å²) in [6.07, 6.45) is 6.42. The van der Waals surface area contributed by atoms with Gasteiger partial charge in [-0.2, -0.15) is 0 Å². The minimum atomic E-state index is -0.296. The lowest BCUT2D eigenvalue weighted by molar-refractivity contribution is -0.111. The van der Waals surface area contributed by atoms with Crippen LogP contribution in [0, 0.1) is 0 Å². The van der Waals surface area contributed by atoms with Crippen LogP contribution in [0.5, 0.6) is 0 Å². The smallest absolute Gasteiger partial charge is 0.248 e. The second-order valence-electron chi connectivity index (χ2n) is 5.49. The molecule has 6 heteroatoms. The van der Waals surface area contributed by atoms with Crippen molar-refractivity contribution in [1.29, 1.82) is 0 Å². The molecule has 1 aromatic carbocycles. The van der Waals surface area contributed by atoms with E-state index < -0.39 is 0 Å². The van der Waals surface area contributed by atoms with Crippen molar-refractivity contribution in [2.24, 2.45) is 0 Å². The van der Waals surface area contributed by atoms with Gasteiger partial charge >= 0.3 is 0 Å². The molecule has 0 radical (unpaired) electrons. The number of fused-ring (bicyclic) bond motifs is 3. The molecule has 2 N–H and O–H groups in total. The van der Waals surface area contributed by atoms with Gasteiger partial charge in [0, 0.05) is 28.6 Å². The summed E-state index contributed by atoms with van der Waals surface area (Å²) in [5, 5.41) is 5.14. The first-order valence-electron chi connectivity index (χ1n) is 7.67. The fourth-order valence-corrected chi connectivity index (χ4v) is 2.84. The Kier molecular flexibility index (Phi) is 3.91. The quantitative estimate of drug-likeness (QED) is 0.425. The number of amides is 1. The lowest BCUT2D eigenvalue weighted by atomic mass is 10.1. The summed E-state index contributed by atoms with van der Waals surface area (Å²) < 4.78 is 0. The number of halogens is 1. The van der Waals surface area contributed by atoms with Crippen molar-refractivity contribution in [2.75, 3.05) is 5.32 Å². The minimum absolute atomic E-state index is 0.252. The molecule has 0 bridgehead atoms. The van der Waals surface area contributed by atoms with E-state index >= 15 is 0 Å². The zero-order chi connectivity index (χ0) is 17.2. The molecule has 0 saturated carbocycles. The Labute approximate surface area is 148 Å². The van der Waals surface area contributed by atoms with Crippen LogP contribution in [0.1, 0.15) is 5.69 Å². The number of nitrogens with zero attached hydrogens (tertiary/aromatic N) is 2. The highest BCUT2D eigenvalue weighted by Crippen LogP contribution is 2.25. The number of para-hydroxylation sites is 1. The van der Waals surface area contributed by atoms with Gasteiger partial charge in [0.2, 0.25) is 5.91 Å². The van der Waals surface area contributed by atoms with Crippen LogP contribution < -0.4 is 5.32 Å². The average Bonchev–Trinajstić information content (AvgIpc) is 3.00. The lowest BCUT2D eigenvalue weighted by Crippen LogP contribution is -2.08. The number of pyridine rings is 2. The Hall–Kier alpha value is -3.18. The van der Waals surface area contributed by atoms with Gasteiger partial charge in [-0.15, -0.1) is 0 Å². The molecule has 3 heterocycles. The molecule has 0 fully saturated rings. The average molecular weight is 349 g/mol. The topological polar surface area (TPSA) is 70.7 Å². The van der Waals surface area contributed by atoms with E-state index in [9.17, 15) is 4.79 Å². The van der Waals surface area contributed by atoms with Gasteiger partial charge in [-0.25, -0.2) is 4.98 Å². The summed E-state index contributed by atoms with van der Waals surface area (Å²) in [6.45, 7) is 0. The van der Waals surface area contributed by atoms with Gasteiger partial charge in [-0.1, -0.05) is 29.8 Å². The van der Waals surface area contributed by atoms with E-state index in [1.807, 2.05) is 24.3 Å². The minimum Gasteiger partial charge on any atom is -0.353 e. The van der Waals surface area contributed by atoms with E-state index in [-0.39, 0.29) is 11.1 Å². The molecule has 122 valence electrons. The zero-order valence-corrected chi connectivity index (χ0v) is 13.8. The van der Waals surface area contributed by atoms with Gasteiger partial charge in [0.1, 0.15) is 0 Å². The number of hydrogen-bond donors (Lipinski definition) is 2. The van der Waals surface area contributed by atoms with Crippen molar-refractivity contribution in [1.82, 2.24) is 15.0 Å². The highest BCUT2D eigenvalue weighted by Gasteiger charge is 2.05. The molecule has 0 unspecified atom stereocenters. The SMILES string of the molecule is O=C(/C=C/c1cc2c(cn1)[nH]c1ccccc12)Nc1cccnc1Cl. The molecule has 0 aliphatic carbocycles. The van der Waals surface area contributed by atoms with Crippen molar-refractivity contribution >= 4 is 51.1 Å². The molecule has 4 rings (SSSR count). The fourth-order valence-electron chi connectivity index (χ4n) is 2.67. The summed E-state index contributed by atoms with van der Waals surface area (Å²) in [6, 6.07) is 13.4. The number of aromatic amines is 1. The van der Waals surface area contributed by atoms with Crippen molar-refractivity contribution in [3.8, 4) is 0 Å². The maximum Gasteiger partial charge on any atom is 0.248 e. The molecule has 4 aromatic rings. The number of carbonyl (C=O) groups is 1. The predicted octanol–water partition coefficient (Wildman–Crippen LogP) is 4.42. The zero-order valence-electron chi connectivity index (χ0n) is 13.0. The highest BCUT2D eigenvalue weighted by molar-refractivity contribution is 6.32. The Bertz CT molecular complexity index is 1120. The third-order valence-electron chi connectivity index (χ3n) is 3.83. The molecular weight excluding hydrogens is 336 g/mol. The Morgan fingerprint density at radius 1 is 1.08 bits per heavy atom. The number of rotatable bonds is 3. The molecule has 25 heavy (non-hydrogen) atoms. The number of carbonyl (C=O) groups excluding carboxylic acids is 1. The van der Waals surface area contributed by atoms with Crippen molar-refractivity contribution in [3.63, 3.8) is 0 Å². The monoisotopic (exact) mass is 348 g/mol. The second-order valence-corrected chi connectivity index (χ2v) is 5.85. The van der Waals surface area contributed by atoms with Gasteiger partial charge in [0.05, 0.1) is 23.1 Å². The van der Waals surface area contributed by atoms with E-state index in [1.165, 1.54) is 6.08 Å². The number of aromatic nitrogens is 3. The van der Waals surface area contributed by atoms with Crippen LogP contribution in [-0.4, -0.2) is 20.9 Å². The van der Waals surface area contributed by atoms with Crippen LogP contribution in [0.2, 0.25) is 5.15 Å². The molecule has 0 aliphatic rings. The maximum absolute atomic E-state index is 12.0. The number of benzene rings is 1. The highest BCUT2D eigenvalue weighted by atomic mass is 35.5. The summed E-state index contributed by atoms with van der Waals surface area (Å²) in [5.41, 5.74) is 3.19. The Balaban J connectivity index is 1.59. The number of hydrogen-bond acceptors (Lipinski definition) is 3. The molecule has 1 amide bonds. The number of H-pyrrole nitrogens is 1. The molecule has 5 nitrogen and oxygen atoms in total. The lowest BCUT2D eigenvalue weighted by Gasteiger charge is -2.02. The van der Waals surface area contributed by atoms with Crippen LogP contribution in [0.25, 0.3) is 27.9 Å². The largest absolute Gasteiger partial charge is 0.353 e. The first-order valence-corrected chi connectivity index (χ1v) is 8.04. The summed E-state index contributed by atoms with van der Waals surface area (Å²) >= 11 is 5.93. The Morgan fingerprint density at radius 3 is 2.84 bits per heavy atom.